The number of amides is 1. The number of hydrogen-bond acceptors (Lipinski definition) is 3. The summed E-state index contributed by atoms with van der Waals surface area (Å²) in [6, 6.07) is 10.8. The highest BCUT2D eigenvalue weighted by Gasteiger charge is 2.32. The van der Waals surface area contributed by atoms with Gasteiger partial charge < -0.3 is 4.90 Å². The Kier molecular flexibility index (Phi) is 3.22. The van der Waals surface area contributed by atoms with E-state index in [0.29, 0.717) is 6.54 Å². The van der Waals surface area contributed by atoms with E-state index in [1.165, 1.54) is 4.31 Å². The molecule has 0 saturated heterocycles. The smallest absolute Gasteiger partial charge is 0.264 e. The normalized spacial score (nSPS) is 16.5. The fourth-order valence-corrected chi connectivity index (χ4v) is 5.04. The summed E-state index contributed by atoms with van der Waals surface area (Å²) in [6.07, 6.45) is 0.980. The summed E-state index contributed by atoms with van der Waals surface area (Å²) in [5, 5.41) is 0. The van der Waals surface area contributed by atoms with Crippen LogP contribution in [0.1, 0.15) is 16.7 Å². The molecule has 6 heteroatoms. The van der Waals surface area contributed by atoms with Crippen LogP contribution in [0.25, 0.3) is 0 Å². The molecule has 0 atom stereocenters. The van der Waals surface area contributed by atoms with E-state index in [0.717, 1.165) is 34.5 Å². The highest BCUT2D eigenvalue weighted by atomic mass is 32.2. The van der Waals surface area contributed by atoms with Gasteiger partial charge in [0, 0.05) is 19.3 Å². The maximum Gasteiger partial charge on any atom is 0.264 e. The predicted molar refractivity (Wildman–Crippen MR) is 93.0 cm³/mol. The van der Waals surface area contributed by atoms with Crippen molar-refractivity contribution in [1.29, 1.82) is 0 Å². The third-order valence-electron chi connectivity index (χ3n) is 4.80. The zero-order valence-corrected chi connectivity index (χ0v) is 14.4. The van der Waals surface area contributed by atoms with E-state index in [1.807, 2.05) is 25.1 Å². The van der Waals surface area contributed by atoms with Crippen LogP contribution in [0.15, 0.2) is 41.3 Å². The molecule has 0 saturated carbocycles. The van der Waals surface area contributed by atoms with Crippen molar-refractivity contribution in [2.45, 2.75) is 24.7 Å². The van der Waals surface area contributed by atoms with Crippen LogP contribution in [-0.4, -0.2) is 27.9 Å². The lowest BCUT2D eigenvalue weighted by Gasteiger charge is -2.20. The van der Waals surface area contributed by atoms with Crippen molar-refractivity contribution in [3.05, 3.63) is 53.1 Å². The topological polar surface area (TPSA) is 57.7 Å². The molecule has 5 nitrogen and oxygen atoms in total. The summed E-state index contributed by atoms with van der Waals surface area (Å²) in [4.78, 5) is 13.6. The van der Waals surface area contributed by atoms with Crippen molar-refractivity contribution >= 4 is 27.3 Å². The van der Waals surface area contributed by atoms with Gasteiger partial charge in [0.1, 0.15) is 0 Å². The van der Waals surface area contributed by atoms with E-state index in [4.69, 9.17) is 0 Å². The first-order valence-electron chi connectivity index (χ1n) is 7.90. The Morgan fingerprint density at radius 3 is 2.54 bits per heavy atom. The van der Waals surface area contributed by atoms with E-state index in [9.17, 15) is 13.2 Å². The minimum Gasteiger partial charge on any atom is -0.315 e. The fourth-order valence-electron chi connectivity index (χ4n) is 3.48. The van der Waals surface area contributed by atoms with E-state index < -0.39 is 10.0 Å². The molecular weight excluding hydrogens is 324 g/mol. The van der Waals surface area contributed by atoms with Crippen molar-refractivity contribution in [3.63, 3.8) is 0 Å². The van der Waals surface area contributed by atoms with E-state index >= 15 is 0 Å². The minimum atomic E-state index is -3.62. The van der Waals surface area contributed by atoms with Gasteiger partial charge in [-0.1, -0.05) is 17.7 Å². The molecule has 4 rings (SSSR count). The van der Waals surface area contributed by atoms with Crippen LogP contribution in [0, 0.1) is 6.92 Å². The highest BCUT2D eigenvalue weighted by molar-refractivity contribution is 7.92. The molecule has 0 aromatic heterocycles. The molecule has 2 heterocycles. The first-order chi connectivity index (χ1) is 11.4. The molecule has 24 heavy (non-hydrogen) atoms. The van der Waals surface area contributed by atoms with E-state index in [-0.39, 0.29) is 17.2 Å². The third-order valence-corrected chi connectivity index (χ3v) is 6.61. The standard InChI is InChI=1S/C18H18N2O3S/c1-12-3-5-17-13(9-12)7-8-20(17)24(22,23)15-4-6-16-14(10-15)11-18(21)19(16)2/h3-6,9-10H,7-8,11H2,1-2H3. The lowest BCUT2D eigenvalue weighted by molar-refractivity contribution is -0.117. The number of carbonyl (C=O) groups excluding carboxylic acids is 1. The average Bonchev–Trinajstić information content (AvgIpc) is 3.08. The summed E-state index contributed by atoms with van der Waals surface area (Å²) in [5.74, 6) is -0.0125. The molecule has 1 amide bonds. The minimum absolute atomic E-state index is 0.0125. The van der Waals surface area contributed by atoms with Gasteiger partial charge in [-0.15, -0.1) is 0 Å². The first kappa shape index (κ1) is 15.2. The Balaban J connectivity index is 1.76. The average molecular weight is 342 g/mol. The Bertz CT molecular complexity index is 966. The molecule has 0 aliphatic carbocycles. The Hall–Kier alpha value is -2.34. The second kappa shape index (κ2) is 5.08. The summed E-state index contributed by atoms with van der Waals surface area (Å²) < 4.78 is 27.6. The molecule has 2 aliphatic rings. The summed E-state index contributed by atoms with van der Waals surface area (Å²) in [6.45, 7) is 2.46. The number of rotatable bonds is 2. The quantitative estimate of drug-likeness (QED) is 0.841. The SMILES string of the molecule is Cc1ccc2c(c1)CCN2S(=O)(=O)c1ccc2c(c1)CC(=O)N2C. The lowest BCUT2D eigenvalue weighted by Crippen LogP contribution is -2.29. The summed E-state index contributed by atoms with van der Waals surface area (Å²) in [5.41, 5.74) is 4.51. The number of carbonyl (C=O) groups is 1. The van der Waals surface area contributed by atoms with Gasteiger partial charge in [-0.05, 0) is 48.7 Å². The van der Waals surface area contributed by atoms with Crippen molar-refractivity contribution < 1.29 is 13.2 Å². The number of fused-ring (bicyclic) bond motifs is 2. The number of anilines is 2. The number of nitrogens with zero attached hydrogens (tertiary/aromatic N) is 2. The zero-order chi connectivity index (χ0) is 17.1. The van der Waals surface area contributed by atoms with Gasteiger partial charge in [0.15, 0.2) is 0 Å². The fraction of sp³-hybridized carbons (Fsp3) is 0.278. The second-order valence-corrected chi connectivity index (χ2v) is 8.24. The monoisotopic (exact) mass is 342 g/mol. The number of benzene rings is 2. The molecule has 2 aromatic rings. The van der Waals surface area contributed by atoms with Gasteiger partial charge in [-0.2, -0.15) is 0 Å². The van der Waals surface area contributed by atoms with Crippen LogP contribution >= 0.6 is 0 Å². The van der Waals surface area contributed by atoms with Crippen molar-refractivity contribution in [1.82, 2.24) is 0 Å². The van der Waals surface area contributed by atoms with Gasteiger partial charge >= 0.3 is 0 Å². The number of likely N-dealkylation sites (N-methyl/N-ethyl adjacent to an activating group) is 1. The van der Waals surface area contributed by atoms with Gasteiger partial charge in [0.05, 0.1) is 17.0 Å². The van der Waals surface area contributed by atoms with Crippen LogP contribution in [-0.2, 0) is 27.7 Å². The summed E-state index contributed by atoms with van der Waals surface area (Å²) in [7, 11) is -1.91. The summed E-state index contributed by atoms with van der Waals surface area (Å²) >= 11 is 0. The van der Waals surface area contributed by atoms with Gasteiger partial charge in [0.2, 0.25) is 5.91 Å². The molecule has 0 spiro atoms. The van der Waals surface area contributed by atoms with Crippen LogP contribution in [0.2, 0.25) is 0 Å². The molecule has 124 valence electrons. The van der Waals surface area contributed by atoms with Gasteiger partial charge in [-0.25, -0.2) is 8.42 Å². The number of sulfonamides is 1. The number of hydrogen-bond donors (Lipinski definition) is 0. The number of aryl methyl sites for hydroxylation is 1. The maximum absolute atomic E-state index is 13.1. The highest BCUT2D eigenvalue weighted by Crippen LogP contribution is 2.35. The maximum atomic E-state index is 13.1. The first-order valence-corrected chi connectivity index (χ1v) is 9.34. The van der Waals surface area contributed by atoms with Crippen LogP contribution in [0.5, 0.6) is 0 Å². The zero-order valence-electron chi connectivity index (χ0n) is 13.6. The van der Waals surface area contributed by atoms with Crippen molar-refractivity contribution in [3.8, 4) is 0 Å². The Labute approximate surface area is 141 Å². The van der Waals surface area contributed by atoms with Crippen LogP contribution in [0.3, 0.4) is 0 Å². The molecule has 2 aromatic carbocycles. The lowest BCUT2D eigenvalue weighted by atomic mass is 10.1. The van der Waals surface area contributed by atoms with Crippen LogP contribution in [0.4, 0.5) is 11.4 Å². The molecule has 0 fully saturated rings. The van der Waals surface area contributed by atoms with Gasteiger partial charge in [-0.3, -0.25) is 9.10 Å². The predicted octanol–water partition coefficient (Wildman–Crippen LogP) is 2.27. The third kappa shape index (κ3) is 2.13. The largest absolute Gasteiger partial charge is 0.315 e. The molecule has 0 radical (unpaired) electrons. The Morgan fingerprint density at radius 1 is 1.00 bits per heavy atom. The molecule has 2 aliphatic heterocycles. The van der Waals surface area contributed by atoms with Crippen molar-refractivity contribution in [2.75, 3.05) is 22.8 Å². The molecule has 0 N–H and O–H groups in total. The van der Waals surface area contributed by atoms with E-state index in [1.54, 1.807) is 30.1 Å². The molecular formula is C18H18N2O3S. The Morgan fingerprint density at radius 2 is 1.75 bits per heavy atom. The second-order valence-electron chi connectivity index (χ2n) is 6.38. The van der Waals surface area contributed by atoms with Crippen molar-refractivity contribution in [2.24, 2.45) is 0 Å². The van der Waals surface area contributed by atoms with Crippen LogP contribution < -0.4 is 9.21 Å². The van der Waals surface area contributed by atoms with E-state index in [2.05, 4.69) is 0 Å². The molecule has 0 unspecified atom stereocenters. The van der Waals surface area contributed by atoms with Gasteiger partial charge in [0.25, 0.3) is 10.0 Å². The molecule has 0 bridgehead atoms.